The Morgan fingerprint density at radius 1 is 0.933 bits per heavy atom. The second-order valence-corrected chi connectivity index (χ2v) is 7.34. The van der Waals surface area contributed by atoms with E-state index >= 15 is 0 Å². The summed E-state index contributed by atoms with van der Waals surface area (Å²) >= 11 is 0. The number of rotatable bonds is 6. The van der Waals surface area contributed by atoms with E-state index in [4.69, 9.17) is 0 Å². The molecule has 0 nitrogen and oxygen atoms in total. The molecule has 0 aromatic heterocycles. The second kappa shape index (κ2) is 5.92. The normalized spacial score (nSPS) is 15.4. The van der Waals surface area contributed by atoms with Gasteiger partial charge in [0.1, 0.15) is 0 Å². The topological polar surface area (TPSA) is 0 Å². The first kappa shape index (κ1) is 15.0. The van der Waals surface area contributed by atoms with E-state index in [2.05, 4.69) is 48.5 Å². The van der Waals surface area contributed by atoms with Crippen LogP contribution in [0.5, 0.6) is 0 Å². The van der Waals surface area contributed by atoms with Crippen LogP contribution < -0.4 is 0 Å². The van der Waals surface area contributed by atoms with E-state index in [1.165, 1.54) is 32.1 Å². The van der Waals surface area contributed by atoms with Crippen LogP contribution in [0.1, 0.15) is 80.6 Å². The van der Waals surface area contributed by atoms with Gasteiger partial charge in [-0.05, 0) is 36.0 Å². The lowest BCUT2D eigenvalue weighted by Crippen LogP contribution is -2.19. The van der Waals surface area contributed by atoms with Gasteiger partial charge in [-0.3, -0.25) is 0 Å². The molecule has 0 aliphatic carbocycles. The Bertz CT molecular complexity index is 159. The molecule has 1 atom stereocenters. The lowest BCUT2D eigenvalue weighted by molar-refractivity contribution is 0.204. The van der Waals surface area contributed by atoms with Crippen molar-refractivity contribution in [2.24, 2.45) is 16.7 Å². The fraction of sp³-hybridized carbons (Fsp3) is 1.00. The molecule has 0 N–H and O–H groups in total. The number of hydrogen-bond donors (Lipinski definition) is 0. The summed E-state index contributed by atoms with van der Waals surface area (Å²) in [4.78, 5) is 0. The van der Waals surface area contributed by atoms with Crippen molar-refractivity contribution >= 4 is 0 Å². The average Bonchev–Trinajstić information content (AvgIpc) is 1.95. The molecule has 0 aliphatic heterocycles. The van der Waals surface area contributed by atoms with Gasteiger partial charge in [0.2, 0.25) is 0 Å². The van der Waals surface area contributed by atoms with Crippen molar-refractivity contribution in [1.29, 1.82) is 0 Å². The fourth-order valence-corrected chi connectivity index (χ4v) is 2.82. The van der Waals surface area contributed by atoms with Gasteiger partial charge < -0.3 is 0 Å². The van der Waals surface area contributed by atoms with Crippen LogP contribution >= 0.6 is 0 Å². The quantitative estimate of drug-likeness (QED) is 0.532. The summed E-state index contributed by atoms with van der Waals surface area (Å²) in [5.74, 6) is 0.858. The first-order valence-electron chi connectivity index (χ1n) is 6.66. The summed E-state index contributed by atoms with van der Waals surface area (Å²) in [6.07, 6.45) is 6.83. The second-order valence-electron chi connectivity index (χ2n) is 7.34. The standard InChI is InChI=1S/C15H32/c1-8-9-10-15(6,7)12-13(2)11-14(3,4)5/h13H,8-12H2,1-7H3. The van der Waals surface area contributed by atoms with Crippen LogP contribution in [0, 0.1) is 16.7 Å². The van der Waals surface area contributed by atoms with Gasteiger partial charge in [-0.25, -0.2) is 0 Å². The molecule has 0 rings (SSSR count). The van der Waals surface area contributed by atoms with Crippen LogP contribution in [0.15, 0.2) is 0 Å². The van der Waals surface area contributed by atoms with Crippen LogP contribution in [0.4, 0.5) is 0 Å². The molecule has 0 aromatic carbocycles. The van der Waals surface area contributed by atoms with E-state index in [0.29, 0.717) is 10.8 Å². The minimum atomic E-state index is 0.486. The van der Waals surface area contributed by atoms with Gasteiger partial charge in [0.15, 0.2) is 0 Å². The Hall–Kier alpha value is 0. The van der Waals surface area contributed by atoms with Crippen LogP contribution in [-0.4, -0.2) is 0 Å². The summed E-state index contributed by atoms with van der Waals surface area (Å²) < 4.78 is 0. The molecule has 0 fully saturated rings. The Kier molecular flexibility index (Phi) is 5.92. The van der Waals surface area contributed by atoms with Crippen molar-refractivity contribution in [3.8, 4) is 0 Å². The van der Waals surface area contributed by atoms with Gasteiger partial charge in [0, 0.05) is 0 Å². The van der Waals surface area contributed by atoms with Crippen molar-refractivity contribution in [3.05, 3.63) is 0 Å². The molecular formula is C15H32. The van der Waals surface area contributed by atoms with E-state index in [0.717, 1.165) is 5.92 Å². The van der Waals surface area contributed by atoms with E-state index in [9.17, 15) is 0 Å². The molecule has 0 aromatic rings. The third kappa shape index (κ3) is 8.96. The lowest BCUT2D eigenvalue weighted by atomic mass is 9.75. The highest BCUT2D eigenvalue weighted by atomic mass is 14.3. The van der Waals surface area contributed by atoms with Crippen LogP contribution in [0.25, 0.3) is 0 Å². The van der Waals surface area contributed by atoms with Gasteiger partial charge in [-0.15, -0.1) is 0 Å². The zero-order valence-corrected chi connectivity index (χ0v) is 12.1. The van der Waals surface area contributed by atoms with Crippen LogP contribution in [0.3, 0.4) is 0 Å². The minimum absolute atomic E-state index is 0.486. The molecule has 0 bridgehead atoms. The van der Waals surface area contributed by atoms with Gasteiger partial charge in [-0.1, -0.05) is 61.3 Å². The molecule has 92 valence electrons. The maximum absolute atomic E-state index is 2.43. The summed E-state index contributed by atoms with van der Waals surface area (Å²) in [5, 5.41) is 0. The lowest BCUT2D eigenvalue weighted by Gasteiger charge is -2.31. The summed E-state index contributed by atoms with van der Waals surface area (Å²) in [6.45, 7) is 16.6. The largest absolute Gasteiger partial charge is 0.0654 e. The Balaban J connectivity index is 3.98. The average molecular weight is 212 g/mol. The molecule has 0 aliphatic rings. The maximum atomic E-state index is 2.43. The van der Waals surface area contributed by atoms with Crippen molar-refractivity contribution < 1.29 is 0 Å². The van der Waals surface area contributed by atoms with E-state index in [1.807, 2.05) is 0 Å². The Labute approximate surface area is 97.8 Å². The van der Waals surface area contributed by atoms with Crippen molar-refractivity contribution in [1.82, 2.24) is 0 Å². The van der Waals surface area contributed by atoms with Crippen molar-refractivity contribution in [2.45, 2.75) is 80.6 Å². The van der Waals surface area contributed by atoms with Gasteiger partial charge in [-0.2, -0.15) is 0 Å². The SMILES string of the molecule is CCCCC(C)(C)CC(C)CC(C)(C)C. The third-order valence-corrected chi connectivity index (χ3v) is 3.07. The Morgan fingerprint density at radius 3 is 1.87 bits per heavy atom. The van der Waals surface area contributed by atoms with Gasteiger partial charge >= 0.3 is 0 Å². The van der Waals surface area contributed by atoms with E-state index in [1.54, 1.807) is 0 Å². The smallest absolute Gasteiger partial charge is 0.0352 e. The highest BCUT2D eigenvalue weighted by Crippen LogP contribution is 2.35. The fourth-order valence-electron chi connectivity index (χ4n) is 2.82. The number of unbranched alkanes of at least 4 members (excludes halogenated alkanes) is 1. The molecule has 0 heteroatoms. The monoisotopic (exact) mass is 212 g/mol. The highest BCUT2D eigenvalue weighted by Gasteiger charge is 2.23. The van der Waals surface area contributed by atoms with Gasteiger partial charge in [0.05, 0.1) is 0 Å². The molecule has 0 radical (unpaired) electrons. The summed E-state index contributed by atoms with van der Waals surface area (Å²) in [6, 6.07) is 0. The van der Waals surface area contributed by atoms with Crippen molar-refractivity contribution in [3.63, 3.8) is 0 Å². The maximum Gasteiger partial charge on any atom is -0.0352 e. The predicted molar refractivity (Wildman–Crippen MR) is 71.2 cm³/mol. The van der Waals surface area contributed by atoms with Gasteiger partial charge in [0.25, 0.3) is 0 Å². The van der Waals surface area contributed by atoms with Crippen LogP contribution in [-0.2, 0) is 0 Å². The number of hydrogen-bond acceptors (Lipinski definition) is 0. The van der Waals surface area contributed by atoms with Crippen molar-refractivity contribution in [2.75, 3.05) is 0 Å². The Morgan fingerprint density at radius 2 is 1.47 bits per heavy atom. The predicted octanol–water partition coefficient (Wildman–Crippen LogP) is 5.67. The molecule has 0 amide bonds. The zero-order valence-electron chi connectivity index (χ0n) is 12.1. The molecule has 0 spiro atoms. The first-order chi connectivity index (χ1) is 6.66. The van der Waals surface area contributed by atoms with E-state index in [-0.39, 0.29) is 0 Å². The molecule has 1 unspecified atom stereocenters. The first-order valence-corrected chi connectivity index (χ1v) is 6.66. The van der Waals surface area contributed by atoms with E-state index < -0.39 is 0 Å². The zero-order chi connectivity index (χ0) is 12.1. The minimum Gasteiger partial charge on any atom is -0.0654 e. The molecule has 0 saturated heterocycles. The molecule has 0 saturated carbocycles. The molecular weight excluding hydrogens is 180 g/mol. The molecule has 0 heterocycles. The summed E-state index contributed by atoms with van der Waals surface area (Å²) in [7, 11) is 0. The molecule has 15 heavy (non-hydrogen) atoms. The van der Waals surface area contributed by atoms with Crippen LogP contribution in [0.2, 0.25) is 0 Å². The highest BCUT2D eigenvalue weighted by molar-refractivity contribution is 4.75. The summed E-state index contributed by atoms with van der Waals surface area (Å²) in [5.41, 5.74) is 1.03. The third-order valence-electron chi connectivity index (χ3n) is 3.07.